The Hall–Kier alpha value is -3.64. The van der Waals surface area contributed by atoms with E-state index in [0.717, 1.165) is 0 Å². The van der Waals surface area contributed by atoms with E-state index >= 15 is 0 Å². The van der Waals surface area contributed by atoms with Crippen LogP contribution in [0, 0.1) is 10.1 Å². The Balaban J connectivity index is 1.78. The minimum absolute atomic E-state index is 0.0340. The summed E-state index contributed by atoms with van der Waals surface area (Å²) in [6.07, 6.45) is 0. The van der Waals surface area contributed by atoms with Gasteiger partial charge in [-0.15, -0.1) is 0 Å². The maximum atomic E-state index is 13.1. The molecular formula is C20H20N4O7S. The lowest BCUT2D eigenvalue weighted by molar-refractivity contribution is -0.383. The van der Waals surface area contributed by atoms with Gasteiger partial charge in [0.25, 0.3) is 21.6 Å². The molecule has 1 aromatic heterocycles. The SMILES string of the molecule is COc1ccc(S(=O)(=O)NC(=O)c2cc3cccc([N+](=O)[O-])c3n2N2CCOCC2)cc1. The van der Waals surface area contributed by atoms with Crippen LogP contribution in [0.1, 0.15) is 10.5 Å². The number of methoxy groups -OCH3 is 1. The van der Waals surface area contributed by atoms with Gasteiger partial charge < -0.3 is 14.5 Å². The Kier molecular flexibility index (Phi) is 5.72. The zero-order chi connectivity index (χ0) is 22.9. The molecule has 2 aromatic carbocycles. The van der Waals surface area contributed by atoms with Gasteiger partial charge >= 0.3 is 0 Å². The van der Waals surface area contributed by atoms with Crippen molar-refractivity contribution in [2.24, 2.45) is 0 Å². The van der Waals surface area contributed by atoms with Gasteiger partial charge in [-0.05, 0) is 30.3 Å². The summed E-state index contributed by atoms with van der Waals surface area (Å²) in [7, 11) is -2.74. The number of nitro groups is 1. The lowest BCUT2D eigenvalue weighted by Gasteiger charge is -2.31. The second kappa shape index (κ2) is 8.48. The lowest BCUT2D eigenvalue weighted by Crippen LogP contribution is -2.46. The highest BCUT2D eigenvalue weighted by molar-refractivity contribution is 7.90. The summed E-state index contributed by atoms with van der Waals surface area (Å²) >= 11 is 0. The summed E-state index contributed by atoms with van der Waals surface area (Å²) in [6.45, 7) is 1.49. The molecule has 1 aliphatic rings. The molecule has 3 aromatic rings. The van der Waals surface area contributed by atoms with Crippen LogP contribution in [0.5, 0.6) is 5.75 Å². The number of aromatic nitrogens is 1. The number of nitrogens with one attached hydrogen (secondary N) is 1. The molecule has 1 saturated heterocycles. The number of morpholine rings is 1. The fourth-order valence-corrected chi connectivity index (χ4v) is 4.53. The number of non-ortho nitro benzene ring substituents is 1. The maximum absolute atomic E-state index is 13.1. The number of amides is 1. The Morgan fingerprint density at radius 2 is 1.84 bits per heavy atom. The van der Waals surface area contributed by atoms with Crippen LogP contribution in [-0.2, 0) is 14.8 Å². The number of para-hydroxylation sites is 1. The highest BCUT2D eigenvalue weighted by atomic mass is 32.2. The molecule has 1 aliphatic heterocycles. The van der Waals surface area contributed by atoms with Crippen LogP contribution in [0.15, 0.2) is 53.4 Å². The zero-order valence-corrected chi connectivity index (χ0v) is 17.9. The van der Waals surface area contributed by atoms with Gasteiger partial charge in [0.1, 0.15) is 17.0 Å². The molecule has 0 saturated carbocycles. The standard InChI is InChI=1S/C20H20N4O7S/c1-30-15-5-7-16(8-6-15)32(28,29)21-20(25)18-13-14-3-2-4-17(24(26)27)19(14)23(18)22-9-11-31-12-10-22/h2-8,13H,9-12H2,1H3,(H,21,25). The van der Waals surface area contributed by atoms with Crippen molar-refractivity contribution in [2.45, 2.75) is 4.90 Å². The number of benzene rings is 2. The highest BCUT2D eigenvalue weighted by Crippen LogP contribution is 2.30. The molecule has 0 aliphatic carbocycles. The minimum Gasteiger partial charge on any atom is -0.497 e. The molecular weight excluding hydrogens is 440 g/mol. The van der Waals surface area contributed by atoms with E-state index in [9.17, 15) is 23.3 Å². The third-order valence-electron chi connectivity index (χ3n) is 5.07. The van der Waals surface area contributed by atoms with Crippen molar-refractivity contribution in [3.05, 3.63) is 64.3 Å². The van der Waals surface area contributed by atoms with Crippen molar-refractivity contribution >= 4 is 32.5 Å². The van der Waals surface area contributed by atoms with Gasteiger partial charge in [-0.1, -0.05) is 12.1 Å². The monoisotopic (exact) mass is 460 g/mol. The number of rotatable bonds is 6. The van der Waals surface area contributed by atoms with Crippen molar-refractivity contribution < 1.29 is 27.6 Å². The third-order valence-corrected chi connectivity index (χ3v) is 6.42. The van der Waals surface area contributed by atoms with E-state index in [2.05, 4.69) is 4.72 Å². The number of nitrogens with zero attached hydrogens (tertiary/aromatic N) is 3. The predicted molar refractivity (Wildman–Crippen MR) is 115 cm³/mol. The average molecular weight is 460 g/mol. The first-order chi connectivity index (χ1) is 15.3. The molecule has 4 rings (SSSR count). The van der Waals surface area contributed by atoms with Gasteiger partial charge in [-0.3, -0.25) is 14.9 Å². The van der Waals surface area contributed by atoms with Crippen LogP contribution < -0.4 is 14.5 Å². The summed E-state index contributed by atoms with van der Waals surface area (Å²) in [5.74, 6) is -0.437. The van der Waals surface area contributed by atoms with Gasteiger partial charge in [0.2, 0.25) is 0 Å². The second-order valence-corrected chi connectivity index (χ2v) is 8.67. The number of carbonyl (C=O) groups excluding carboxylic acids is 1. The topological polar surface area (TPSA) is 133 Å². The zero-order valence-electron chi connectivity index (χ0n) is 17.1. The molecule has 0 unspecified atom stereocenters. The molecule has 1 amide bonds. The van der Waals surface area contributed by atoms with Gasteiger partial charge in [-0.25, -0.2) is 17.8 Å². The minimum atomic E-state index is -4.19. The lowest BCUT2D eigenvalue weighted by atomic mass is 10.2. The summed E-state index contributed by atoms with van der Waals surface area (Å²) in [5.41, 5.74) is -0.00858. The first-order valence-corrected chi connectivity index (χ1v) is 11.1. The normalized spacial score (nSPS) is 14.3. The molecule has 0 radical (unpaired) electrons. The molecule has 1 fully saturated rings. The smallest absolute Gasteiger partial charge is 0.295 e. The maximum Gasteiger partial charge on any atom is 0.295 e. The molecule has 12 heteroatoms. The molecule has 11 nitrogen and oxygen atoms in total. The van der Waals surface area contributed by atoms with E-state index in [4.69, 9.17) is 9.47 Å². The fraction of sp³-hybridized carbons (Fsp3) is 0.250. The summed E-state index contributed by atoms with van der Waals surface area (Å²) < 4.78 is 39.4. The van der Waals surface area contributed by atoms with Crippen LogP contribution in [0.3, 0.4) is 0 Å². The van der Waals surface area contributed by atoms with Crippen molar-refractivity contribution in [1.29, 1.82) is 0 Å². The first kappa shape index (κ1) is 21.6. The molecule has 168 valence electrons. The predicted octanol–water partition coefficient (Wildman–Crippen LogP) is 1.65. The summed E-state index contributed by atoms with van der Waals surface area (Å²) in [5, 5.41) is 13.8. The fourth-order valence-electron chi connectivity index (χ4n) is 3.57. The number of hydrogen-bond donors (Lipinski definition) is 1. The van der Waals surface area contributed by atoms with E-state index in [1.165, 1.54) is 54.3 Å². The Bertz CT molecular complexity index is 1280. The molecule has 0 spiro atoms. The Morgan fingerprint density at radius 1 is 1.16 bits per heavy atom. The van der Waals surface area contributed by atoms with Crippen molar-refractivity contribution in [1.82, 2.24) is 9.40 Å². The number of carbonyl (C=O) groups is 1. The second-order valence-electron chi connectivity index (χ2n) is 6.99. The molecule has 0 bridgehead atoms. The van der Waals surface area contributed by atoms with Crippen molar-refractivity contribution in [2.75, 3.05) is 38.4 Å². The van der Waals surface area contributed by atoms with E-state index < -0.39 is 20.9 Å². The van der Waals surface area contributed by atoms with Crippen LogP contribution in [-0.4, -0.2) is 57.3 Å². The van der Waals surface area contributed by atoms with Crippen molar-refractivity contribution in [3.63, 3.8) is 0 Å². The van der Waals surface area contributed by atoms with E-state index in [0.29, 0.717) is 37.4 Å². The van der Waals surface area contributed by atoms with E-state index in [1.807, 2.05) is 0 Å². The van der Waals surface area contributed by atoms with E-state index in [-0.39, 0.29) is 21.8 Å². The van der Waals surface area contributed by atoms with Gasteiger partial charge in [-0.2, -0.15) is 0 Å². The average Bonchev–Trinajstić information content (AvgIpc) is 3.19. The van der Waals surface area contributed by atoms with Crippen LogP contribution in [0.25, 0.3) is 10.9 Å². The van der Waals surface area contributed by atoms with E-state index in [1.54, 1.807) is 11.1 Å². The van der Waals surface area contributed by atoms with Crippen LogP contribution in [0.4, 0.5) is 5.69 Å². The Morgan fingerprint density at radius 3 is 2.47 bits per heavy atom. The third kappa shape index (κ3) is 3.97. The molecule has 0 atom stereocenters. The van der Waals surface area contributed by atoms with Crippen molar-refractivity contribution in [3.8, 4) is 5.75 Å². The van der Waals surface area contributed by atoms with Crippen LogP contribution >= 0.6 is 0 Å². The quantitative estimate of drug-likeness (QED) is 0.434. The van der Waals surface area contributed by atoms with Crippen LogP contribution in [0.2, 0.25) is 0 Å². The molecule has 1 N–H and O–H groups in total. The number of hydrogen-bond acceptors (Lipinski definition) is 8. The number of nitro benzene ring substituents is 1. The number of sulfonamides is 1. The molecule has 2 heterocycles. The molecule has 32 heavy (non-hydrogen) atoms. The number of fused-ring (bicyclic) bond motifs is 1. The highest BCUT2D eigenvalue weighted by Gasteiger charge is 2.29. The van der Waals surface area contributed by atoms with Gasteiger partial charge in [0.15, 0.2) is 0 Å². The largest absolute Gasteiger partial charge is 0.497 e. The summed E-state index contributed by atoms with van der Waals surface area (Å²) in [4.78, 5) is 24.1. The number of ether oxygens (including phenoxy) is 2. The first-order valence-electron chi connectivity index (χ1n) is 9.65. The Labute approximate surface area is 183 Å². The van der Waals surface area contributed by atoms with Gasteiger partial charge in [0, 0.05) is 11.5 Å². The van der Waals surface area contributed by atoms with Gasteiger partial charge in [0.05, 0.1) is 43.2 Å². The summed E-state index contributed by atoms with van der Waals surface area (Å²) in [6, 6.07) is 11.5.